The summed E-state index contributed by atoms with van der Waals surface area (Å²) in [4.78, 5) is 28.1. The molecule has 1 aromatic rings. The molecule has 1 N–H and O–H groups in total. The van der Waals surface area contributed by atoms with Crippen LogP contribution in [0.5, 0.6) is 0 Å². The molecule has 1 aliphatic carbocycles. The number of carbonyl (C=O) groups excluding carboxylic acids is 2. The van der Waals surface area contributed by atoms with Gasteiger partial charge >= 0.3 is 0 Å². The highest BCUT2D eigenvalue weighted by molar-refractivity contribution is 7.89. The maximum atomic E-state index is 12.9. The highest BCUT2D eigenvalue weighted by Gasteiger charge is 2.29. The minimum atomic E-state index is -3.56. The van der Waals surface area contributed by atoms with Crippen molar-refractivity contribution < 1.29 is 18.0 Å². The van der Waals surface area contributed by atoms with Crippen LogP contribution in [-0.4, -0.2) is 80.7 Å². The van der Waals surface area contributed by atoms with Gasteiger partial charge in [-0.25, -0.2) is 8.42 Å². The van der Waals surface area contributed by atoms with E-state index >= 15 is 0 Å². The molecule has 0 aromatic heterocycles. The normalized spacial score (nSPS) is 15.3. The molecule has 0 unspecified atom stereocenters. The molecule has 31 heavy (non-hydrogen) atoms. The number of anilines is 1. The van der Waals surface area contributed by atoms with Gasteiger partial charge in [-0.15, -0.1) is 0 Å². The number of amides is 2. The van der Waals surface area contributed by atoms with E-state index in [0.717, 1.165) is 32.1 Å². The second kappa shape index (κ2) is 11.6. The average molecular weight is 453 g/mol. The number of hydrogen-bond acceptors (Lipinski definition) is 5. The van der Waals surface area contributed by atoms with Crippen molar-refractivity contribution in [2.75, 3.05) is 45.6 Å². The van der Waals surface area contributed by atoms with Crippen LogP contribution in [0.4, 0.5) is 5.69 Å². The van der Waals surface area contributed by atoms with Crippen LogP contribution in [0.2, 0.25) is 0 Å². The fourth-order valence-corrected chi connectivity index (χ4v) is 5.34. The van der Waals surface area contributed by atoms with Crippen LogP contribution in [0, 0.1) is 0 Å². The number of carbonyl (C=O) groups is 2. The average Bonchev–Trinajstić information content (AvgIpc) is 2.74. The molecule has 1 aliphatic rings. The molecule has 1 saturated carbocycles. The lowest BCUT2D eigenvalue weighted by Crippen LogP contribution is -2.41. The molecule has 174 valence electrons. The van der Waals surface area contributed by atoms with Gasteiger partial charge in [0.15, 0.2) is 0 Å². The Balaban J connectivity index is 1.92. The molecule has 1 fully saturated rings. The largest absolute Gasteiger partial charge is 0.342 e. The standard InChI is InChI=1S/C22H36N4O4S/c1-5-26(6-2)22(28)17-24(3)16-21(27)23-18-12-14-20(15-13-18)31(29,30)25(4)19-10-8-7-9-11-19/h12-15,19H,5-11,16-17H2,1-4H3,(H,23,27). The van der Waals surface area contributed by atoms with Gasteiger partial charge in [-0.05, 0) is 58.0 Å². The van der Waals surface area contributed by atoms with E-state index in [1.165, 1.54) is 16.4 Å². The molecule has 9 heteroatoms. The topological polar surface area (TPSA) is 90.0 Å². The molecule has 2 rings (SSSR count). The predicted molar refractivity (Wildman–Crippen MR) is 122 cm³/mol. The van der Waals surface area contributed by atoms with Crippen molar-refractivity contribution in [3.8, 4) is 0 Å². The lowest BCUT2D eigenvalue weighted by Gasteiger charge is -2.30. The summed E-state index contributed by atoms with van der Waals surface area (Å²) in [5.41, 5.74) is 0.521. The van der Waals surface area contributed by atoms with E-state index in [4.69, 9.17) is 0 Å². The third-order valence-corrected chi connectivity index (χ3v) is 7.76. The molecular weight excluding hydrogens is 416 g/mol. The first-order valence-corrected chi connectivity index (χ1v) is 12.5. The maximum absolute atomic E-state index is 12.9. The van der Waals surface area contributed by atoms with Gasteiger partial charge in [0.25, 0.3) is 0 Å². The molecule has 0 saturated heterocycles. The molecule has 1 aromatic carbocycles. The van der Waals surface area contributed by atoms with Gasteiger partial charge in [0.2, 0.25) is 21.8 Å². The summed E-state index contributed by atoms with van der Waals surface area (Å²) < 4.78 is 27.3. The van der Waals surface area contributed by atoms with Crippen LogP contribution in [0.25, 0.3) is 0 Å². The fraction of sp³-hybridized carbons (Fsp3) is 0.636. The number of likely N-dealkylation sites (N-methyl/N-ethyl adjacent to an activating group) is 2. The van der Waals surface area contributed by atoms with Crippen molar-refractivity contribution >= 4 is 27.5 Å². The van der Waals surface area contributed by atoms with E-state index in [9.17, 15) is 18.0 Å². The number of nitrogens with zero attached hydrogens (tertiary/aromatic N) is 3. The minimum Gasteiger partial charge on any atom is -0.342 e. The van der Waals surface area contributed by atoms with Gasteiger partial charge in [0.05, 0.1) is 18.0 Å². The molecule has 0 bridgehead atoms. The molecule has 8 nitrogen and oxygen atoms in total. The van der Waals surface area contributed by atoms with Crippen molar-refractivity contribution in [1.82, 2.24) is 14.1 Å². The third-order valence-electron chi connectivity index (χ3n) is 5.84. The van der Waals surface area contributed by atoms with Crippen molar-refractivity contribution in [2.24, 2.45) is 0 Å². The predicted octanol–water partition coefficient (Wildman–Crippen LogP) is 2.38. The maximum Gasteiger partial charge on any atom is 0.243 e. The van der Waals surface area contributed by atoms with E-state index in [0.29, 0.717) is 18.8 Å². The quantitative estimate of drug-likeness (QED) is 0.589. The van der Waals surface area contributed by atoms with Gasteiger partial charge in [-0.1, -0.05) is 19.3 Å². The van der Waals surface area contributed by atoms with E-state index in [1.54, 1.807) is 36.0 Å². The Hall–Kier alpha value is -1.97. The zero-order valence-corrected chi connectivity index (χ0v) is 20.0. The Bertz CT molecular complexity index is 832. The number of benzene rings is 1. The van der Waals surface area contributed by atoms with Crippen molar-refractivity contribution in [3.63, 3.8) is 0 Å². The number of rotatable bonds is 10. The first kappa shape index (κ1) is 25.3. The van der Waals surface area contributed by atoms with Crippen LogP contribution in [-0.2, 0) is 19.6 Å². The highest BCUT2D eigenvalue weighted by atomic mass is 32.2. The van der Waals surface area contributed by atoms with Gasteiger partial charge in [0, 0.05) is 31.9 Å². The summed E-state index contributed by atoms with van der Waals surface area (Å²) in [5.74, 6) is -0.276. The summed E-state index contributed by atoms with van der Waals surface area (Å²) in [6.07, 6.45) is 5.08. The molecule has 0 spiro atoms. The first-order chi connectivity index (χ1) is 14.7. The van der Waals surface area contributed by atoms with E-state index in [-0.39, 0.29) is 35.8 Å². The van der Waals surface area contributed by atoms with Crippen molar-refractivity contribution in [2.45, 2.75) is 56.9 Å². The minimum absolute atomic E-state index is 0.0167. The van der Waals surface area contributed by atoms with Crippen molar-refractivity contribution in [1.29, 1.82) is 0 Å². The summed E-state index contributed by atoms with van der Waals surface area (Å²) in [7, 11) is -0.190. The Morgan fingerprint density at radius 1 is 0.968 bits per heavy atom. The molecule has 2 amide bonds. The Labute approximate surface area is 186 Å². The van der Waals surface area contributed by atoms with Crippen LogP contribution < -0.4 is 5.32 Å². The molecular formula is C22H36N4O4S. The smallest absolute Gasteiger partial charge is 0.243 e. The highest BCUT2D eigenvalue weighted by Crippen LogP contribution is 2.27. The molecule has 0 aliphatic heterocycles. The molecule has 0 heterocycles. The summed E-state index contributed by atoms with van der Waals surface area (Å²) in [6.45, 7) is 5.36. The van der Waals surface area contributed by atoms with E-state index in [2.05, 4.69) is 5.32 Å². The zero-order chi connectivity index (χ0) is 23.0. The monoisotopic (exact) mass is 452 g/mol. The number of sulfonamides is 1. The van der Waals surface area contributed by atoms with Gasteiger partial charge < -0.3 is 10.2 Å². The fourth-order valence-electron chi connectivity index (χ4n) is 3.93. The first-order valence-electron chi connectivity index (χ1n) is 11.0. The summed E-state index contributed by atoms with van der Waals surface area (Å²) in [6, 6.07) is 6.30. The molecule has 0 radical (unpaired) electrons. The van der Waals surface area contributed by atoms with Crippen LogP contribution in [0.3, 0.4) is 0 Å². The lowest BCUT2D eigenvalue weighted by molar-refractivity contribution is -0.132. The number of hydrogen-bond donors (Lipinski definition) is 1. The summed E-state index contributed by atoms with van der Waals surface area (Å²) >= 11 is 0. The van der Waals surface area contributed by atoms with Gasteiger partial charge in [-0.3, -0.25) is 14.5 Å². The van der Waals surface area contributed by atoms with Gasteiger partial charge in [-0.2, -0.15) is 4.31 Å². The van der Waals surface area contributed by atoms with E-state index in [1.807, 2.05) is 13.8 Å². The Kier molecular flexibility index (Phi) is 9.46. The second-order valence-corrected chi connectivity index (χ2v) is 10.1. The SMILES string of the molecule is CCN(CC)C(=O)CN(C)CC(=O)Nc1ccc(S(=O)(=O)N(C)C2CCCCC2)cc1. The van der Waals surface area contributed by atoms with Gasteiger partial charge in [0.1, 0.15) is 0 Å². The number of nitrogens with one attached hydrogen (secondary N) is 1. The lowest BCUT2D eigenvalue weighted by atomic mass is 9.96. The van der Waals surface area contributed by atoms with Crippen LogP contribution in [0.1, 0.15) is 46.0 Å². The zero-order valence-electron chi connectivity index (χ0n) is 19.1. The van der Waals surface area contributed by atoms with Crippen LogP contribution in [0.15, 0.2) is 29.2 Å². The Morgan fingerprint density at radius 2 is 1.55 bits per heavy atom. The van der Waals surface area contributed by atoms with E-state index < -0.39 is 10.0 Å². The van der Waals surface area contributed by atoms with Crippen molar-refractivity contribution in [3.05, 3.63) is 24.3 Å². The third kappa shape index (κ3) is 7.02. The molecule has 0 atom stereocenters. The second-order valence-electron chi connectivity index (χ2n) is 8.12. The summed E-state index contributed by atoms with van der Waals surface area (Å²) in [5, 5.41) is 2.76. The Morgan fingerprint density at radius 3 is 2.10 bits per heavy atom. The van der Waals surface area contributed by atoms with Crippen LogP contribution >= 0.6 is 0 Å².